The number of hydrogen-bond donors (Lipinski definition) is 0. The molecule has 0 bridgehead atoms. The number of halogens is 1. The summed E-state index contributed by atoms with van der Waals surface area (Å²) in [6.45, 7) is 8.83. The number of hydrogen-bond acceptors (Lipinski definition) is 0. The zero-order chi connectivity index (χ0) is 11.7. The topological polar surface area (TPSA) is 0 Å². The predicted octanol–water partition coefficient (Wildman–Crippen LogP) is 5.78. The average molecular weight is 233 g/mol. The van der Waals surface area contributed by atoms with Crippen molar-refractivity contribution in [3.05, 3.63) is 0 Å². The van der Waals surface area contributed by atoms with Gasteiger partial charge in [0, 0.05) is 4.87 Å². The van der Waals surface area contributed by atoms with Crippen LogP contribution in [0.15, 0.2) is 0 Å². The van der Waals surface area contributed by atoms with Crippen LogP contribution in [0.5, 0.6) is 0 Å². The molecular weight excluding hydrogens is 204 g/mol. The lowest BCUT2D eigenvalue weighted by atomic mass is 9.87. The smallest absolute Gasteiger partial charge is 0.0418 e. The first-order valence-electron chi connectivity index (χ1n) is 6.71. The van der Waals surface area contributed by atoms with E-state index in [1.807, 2.05) is 0 Å². The van der Waals surface area contributed by atoms with Gasteiger partial charge in [-0.1, -0.05) is 58.8 Å². The molecule has 0 aromatic heterocycles. The van der Waals surface area contributed by atoms with E-state index in [2.05, 4.69) is 27.7 Å². The lowest BCUT2D eigenvalue weighted by molar-refractivity contribution is 0.359. The highest BCUT2D eigenvalue weighted by Crippen LogP contribution is 2.31. The summed E-state index contributed by atoms with van der Waals surface area (Å²) < 4.78 is 0. The Morgan fingerprint density at radius 1 is 0.933 bits per heavy atom. The Hall–Kier alpha value is 0.290. The fourth-order valence-electron chi connectivity index (χ4n) is 2.20. The molecule has 0 saturated heterocycles. The molecule has 0 nitrogen and oxygen atoms in total. The average Bonchev–Trinajstić information content (AvgIpc) is 2.15. The van der Waals surface area contributed by atoms with E-state index in [1.165, 1.54) is 51.4 Å². The lowest BCUT2D eigenvalue weighted by Crippen LogP contribution is -2.23. The molecule has 0 aliphatic carbocycles. The Morgan fingerprint density at radius 2 is 1.47 bits per heavy atom. The van der Waals surface area contributed by atoms with E-state index in [9.17, 15) is 0 Å². The van der Waals surface area contributed by atoms with Gasteiger partial charge >= 0.3 is 0 Å². The molecule has 0 aliphatic heterocycles. The Kier molecular flexibility index (Phi) is 8.61. The first-order chi connectivity index (χ1) is 7.02. The van der Waals surface area contributed by atoms with Crippen molar-refractivity contribution in [3.63, 3.8) is 0 Å². The minimum absolute atomic E-state index is 0.0157. The van der Waals surface area contributed by atoms with E-state index in [0.29, 0.717) is 5.92 Å². The summed E-state index contributed by atoms with van der Waals surface area (Å²) in [4.78, 5) is -0.0157. The molecule has 0 N–H and O–H groups in total. The van der Waals surface area contributed by atoms with Crippen LogP contribution >= 0.6 is 11.6 Å². The van der Waals surface area contributed by atoms with E-state index in [1.54, 1.807) is 0 Å². The maximum atomic E-state index is 6.36. The van der Waals surface area contributed by atoms with Gasteiger partial charge in [-0.3, -0.25) is 0 Å². The van der Waals surface area contributed by atoms with Crippen molar-refractivity contribution in [2.75, 3.05) is 0 Å². The van der Waals surface area contributed by atoms with Gasteiger partial charge in [-0.25, -0.2) is 0 Å². The van der Waals surface area contributed by atoms with Crippen LogP contribution in [0.25, 0.3) is 0 Å². The number of unbranched alkanes of at least 4 members (excludes halogenated alkanes) is 5. The summed E-state index contributed by atoms with van der Waals surface area (Å²) in [5, 5.41) is 0. The molecule has 0 aromatic carbocycles. The molecule has 0 fully saturated rings. The summed E-state index contributed by atoms with van der Waals surface area (Å²) in [6.07, 6.45) is 10.8. The fraction of sp³-hybridized carbons (Fsp3) is 1.00. The number of rotatable bonds is 9. The normalized spacial score (nSPS) is 14.2. The zero-order valence-electron chi connectivity index (χ0n) is 11.1. The van der Waals surface area contributed by atoms with Crippen LogP contribution in [0.1, 0.15) is 79.1 Å². The van der Waals surface area contributed by atoms with Gasteiger partial charge in [-0.2, -0.15) is 0 Å². The van der Waals surface area contributed by atoms with E-state index in [-0.39, 0.29) is 4.87 Å². The Labute approximate surface area is 102 Å². The van der Waals surface area contributed by atoms with Crippen molar-refractivity contribution >= 4 is 11.6 Å². The molecule has 0 amide bonds. The van der Waals surface area contributed by atoms with Crippen molar-refractivity contribution in [3.8, 4) is 0 Å². The largest absolute Gasteiger partial charge is 0.120 e. The van der Waals surface area contributed by atoms with Gasteiger partial charge < -0.3 is 0 Å². The van der Waals surface area contributed by atoms with Gasteiger partial charge in [-0.05, 0) is 26.2 Å². The van der Waals surface area contributed by atoms with Gasteiger partial charge in [0.15, 0.2) is 0 Å². The number of alkyl halides is 1. The van der Waals surface area contributed by atoms with Gasteiger partial charge in [0.1, 0.15) is 0 Å². The van der Waals surface area contributed by atoms with Crippen molar-refractivity contribution in [2.45, 2.75) is 83.9 Å². The molecule has 0 radical (unpaired) electrons. The molecular formula is C14H29Cl. The highest BCUT2D eigenvalue weighted by atomic mass is 35.5. The Balaban J connectivity index is 3.48. The summed E-state index contributed by atoms with van der Waals surface area (Å²) in [5.74, 6) is 0.686. The van der Waals surface area contributed by atoms with Crippen LogP contribution in [0, 0.1) is 5.92 Å². The minimum Gasteiger partial charge on any atom is -0.120 e. The standard InChI is InChI=1S/C14H29Cl/c1-5-7-8-9-10-11-12-13(6-2)14(3,4)15/h13H,5-12H2,1-4H3. The molecule has 0 heterocycles. The van der Waals surface area contributed by atoms with Gasteiger partial charge in [0.25, 0.3) is 0 Å². The molecule has 92 valence electrons. The summed E-state index contributed by atoms with van der Waals surface area (Å²) in [7, 11) is 0. The monoisotopic (exact) mass is 232 g/mol. The highest BCUT2D eigenvalue weighted by Gasteiger charge is 2.24. The minimum atomic E-state index is -0.0157. The fourth-order valence-corrected chi connectivity index (χ4v) is 2.47. The van der Waals surface area contributed by atoms with E-state index in [4.69, 9.17) is 11.6 Å². The third-order valence-electron chi connectivity index (χ3n) is 3.37. The Morgan fingerprint density at radius 3 is 1.93 bits per heavy atom. The Bertz CT molecular complexity index is 135. The van der Waals surface area contributed by atoms with Crippen LogP contribution < -0.4 is 0 Å². The third kappa shape index (κ3) is 8.13. The third-order valence-corrected chi connectivity index (χ3v) is 3.68. The molecule has 0 saturated carbocycles. The first-order valence-corrected chi connectivity index (χ1v) is 7.09. The maximum absolute atomic E-state index is 6.36. The maximum Gasteiger partial charge on any atom is 0.0418 e. The zero-order valence-corrected chi connectivity index (χ0v) is 11.9. The molecule has 0 aromatic rings. The van der Waals surface area contributed by atoms with Crippen molar-refractivity contribution in [1.29, 1.82) is 0 Å². The molecule has 15 heavy (non-hydrogen) atoms. The van der Waals surface area contributed by atoms with Crippen LogP contribution in [-0.4, -0.2) is 4.87 Å². The molecule has 1 unspecified atom stereocenters. The van der Waals surface area contributed by atoms with Gasteiger partial charge in [0.2, 0.25) is 0 Å². The second-order valence-corrected chi connectivity index (χ2v) is 6.20. The highest BCUT2D eigenvalue weighted by molar-refractivity contribution is 6.23. The second-order valence-electron chi connectivity index (χ2n) is 5.23. The summed E-state index contributed by atoms with van der Waals surface area (Å²) >= 11 is 6.36. The lowest BCUT2D eigenvalue weighted by Gasteiger charge is -2.27. The molecule has 1 heteroatoms. The SMILES string of the molecule is CCCCCCCCC(CC)C(C)(C)Cl. The van der Waals surface area contributed by atoms with E-state index < -0.39 is 0 Å². The second kappa shape index (κ2) is 8.44. The van der Waals surface area contributed by atoms with Crippen LogP contribution in [0.3, 0.4) is 0 Å². The predicted molar refractivity (Wildman–Crippen MR) is 71.7 cm³/mol. The van der Waals surface area contributed by atoms with E-state index >= 15 is 0 Å². The van der Waals surface area contributed by atoms with Gasteiger partial charge in [-0.15, -0.1) is 11.6 Å². The first kappa shape index (κ1) is 15.3. The van der Waals surface area contributed by atoms with Crippen LogP contribution in [0.2, 0.25) is 0 Å². The molecule has 1 atom stereocenters. The van der Waals surface area contributed by atoms with Gasteiger partial charge in [0.05, 0.1) is 0 Å². The summed E-state index contributed by atoms with van der Waals surface area (Å²) in [6, 6.07) is 0. The molecule has 0 spiro atoms. The van der Waals surface area contributed by atoms with Crippen molar-refractivity contribution in [2.24, 2.45) is 5.92 Å². The van der Waals surface area contributed by atoms with Crippen LogP contribution in [-0.2, 0) is 0 Å². The quantitative estimate of drug-likeness (QED) is 0.349. The van der Waals surface area contributed by atoms with Crippen molar-refractivity contribution in [1.82, 2.24) is 0 Å². The van der Waals surface area contributed by atoms with E-state index in [0.717, 1.165) is 0 Å². The molecule has 0 aliphatic rings. The molecule has 0 rings (SSSR count). The van der Waals surface area contributed by atoms with Crippen LogP contribution in [0.4, 0.5) is 0 Å². The van der Waals surface area contributed by atoms with Crippen molar-refractivity contribution < 1.29 is 0 Å². The summed E-state index contributed by atoms with van der Waals surface area (Å²) in [5.41, 5.74) is 0.